The first-order valence-corrected chi connectivity index (χ1v) is 16.3. The number of para-hydroxylation sites is 1. The van der Waals surface area contributed by atoms with Crippen molar-refractivity contribution in [1.29, 1.82) is 0 Å². The van der Waals surface area contributed by atoms with Gasteiger partial charge in [-0.1, -0.05) is 55.8 Å². The van der Waals surface area contributed by atoms with Crippen molar-refractivity contribution in [2.24, 2.45) is 0 Å². The Kier molecular flexibility index (Phi) is 11.6. The molecule has 50 heavy (non-hydrogen) atoms. The van der Waals surface area contributed by atoms with E-state index in [0.29, 0.717) is 35.4 Å². The molecule has 5 rings (SSSR count). The molecule has 0 spiro atoms. The number of carbonyl (C=O) groups excluding carboxylic acids is 3. The summed E-state index contributed by atoms with van der Waals surface area (Å²) in [5.74, 6) is -2.05. The van der Waals surface area contributed by atoms with E-state index in [-0.39, 0.29) is 31.4 Å². The van der Waals surface area contributed by atoms with Crippen molar-refractivity contribution in [2.45, 2.75) is 51.3 Å². The average molecular weight is 687 g/mol. The lowest BCUT2D eigenvalue weighted by Crippen LogP contribution is -2.27. The van der Waals surface area contributed by atoms with Crippen molar-refractivity contribution < 1.29 is 41.4 Å². The normalized spacial score (nSPS) is 12.6. The van der Waals surface area contributed by atoms with Crippen LogP contribution >= 0.6 is 0 Å². The molecule has 2 atom stereocenters. The van der Waals surface area contributed by atoms with Gasteiger partial charge in [0.25, 0.3) is 5.91 Å². The monoisotopic (exact) mass is 686 g/mol. The number of esters is 1. The zero-order chi connectivity index (χ0) is 35.7. The van der Waals surface area contributed by atoms with Crippen LogP contribution in [0.5, 0.6) is 5.75 Å². The van der Waals surface area contributed by atoms with Gasteiger partial charge < -0.3 is 24.5 Å². The van der Waals surface area contributed by atoms with Crippen LogP contribution in [0.25, 0.3) is 22.3 Å². The molecule has 1 heterocycles. The van der Waals surface area contributed by atoms with Gasteiger partial charge in [-0.3, -0.25) is 14.4 Å². The fourth-order valence-corrected chi connectivity index (χ4v) is 5.84. The van der Waals surface area contributed by atoms with Gasteiger partial charge in [0.05, 0.1) is 18.9 Å². The number of carbonyl (C=O) groups is 3. The highest BCUT2D eigenvalue weighted by molar-refractivity contribution is 5.97. The number of hydrogen-bond donors (Lipinski definition) is 2. The third-order valence-electron chi connectivity index (χ3n) is 8.14. The lowest BCUT2D eigenvalue weighted by atomic mass is 9.78. The van der Waals surface area contributed by atoms with Crippen molar-refractivity contribution in [3.05, 3.63) is 120 Å². The highest BCUT2D eigenvalue weighted by Gasteiger charge is 2.33. The first kappa shape index (κ1) is 35.7. The number of amides is 2. The summed E-state index contributed by atoms with van der Waals surface area (Å²) in [5, 5.41) is 6.66. The SMILES string of the molecule is CCC[C@H](c1ccc(C(=O)NCCC(=O)OCC)cc1)[C@@H](C(=O)Nc1ccc(-c2cc3ccccc3o2)cc1)c1ccc(OC(F)(F)F)cc1. The van der Waals surface area contributed by atoms with Gasteiger partial charge in [0.15, 0.2) is 0 Å². The third kappa shape index (κ3) is 9.31. The summed E-state index contributed by atoms with van der Waals surface area (Å²) in [5.41, 5.74) is 3.75. The van der Waals surface area contributed by atoms with Gasteiger partial charge in [-0.2, -0.15) is 0 Å². The summed E-state index contributed by atoms with van der Waals surface area (Å²) in [6.45, 7) is 4.06. The number of alkyl halides is 3. The van der Waals surface area contributed by atoms with E-state index in [1.807, 2.05) is 49.4 Å². The summed E-state index contributed by atoms with van der Waals surface area (Å²) in [4.78, 5) is 38.5. The molecule has 2 N–H and O–H groups in total. The molecule has 0 unspecified atom stereocenters. The van der Waals surface area contributed by atoms with Gasteiger partial charge in [0.1, 0.15) is 17.1 Å². The molecule has 0 saturated heterocycles. The Morgan fingerprint density at radius 2 is 1.52 bits per heavy atom. The minimum atomic E-state index is -4.86. The molecule has 2 amide bonds. The molecule has 1 aromatic heterocycles. The molecule has 11 heteroatoms. The van der Waals surface area contributed by atoms with Gasteiger partial charge in [0.2, 0.25) is 5.91 Å². The van der Waals surface area contributed by atoms with Crippen LogP contribution in [0.15, 0.2) is 108 Å². The Morgan fingerprint density at radius 3 is 2.16 bits per heavy atom. The van der Waals surface area contributed by atoms with Crippen LogP contribution in [0.4, 0.5) is 18.9 Å². The summed E-state index contributed by atoms with van der Waals surface area (Å²) in [6, 6.07) is 29.0. The van der Waals surface area contributed by atoms with E-state index in [4.69, 9.17) is 9.15 Å². The van der Waals surface area contributed by atoms with Crippen molar-refractivity contribution in [3.63, 3.8) is 0 Å². The first-order valence-electron chi connectivity index (χ1n) is 16.3. The second kappa shape index (κ2) is 16.2. The predicted octanol–water partition coefficient (Wildman–Crippen LogP) is 8.99. The lowest BCUT2D eigenvalue weighted by molar-refractivity contribution is -0.274. The number of rotatable bonds is 14. The minimum Gasteiger partial charge on any atom is -0.466 e. The topological polar surface area (TPSA) is 107 Å². The molecule has 0 aliphatic heterocycles. The third-order valence-corrected chi connectivity index (χ3v) is 8.14. The van der Waals surface area contributed by atoms with E-state index < -0.39 is 29.9 Å². The van der Waals surface area contributed by atoms with Crippen LogP contribution in [0.2, 0.25) is 0 Å². The molecule has 5 aromatic rings. The van der Waals surface area contributed by atoms with Crippen molar-refractivity contribution >= 4 is 34.4 Å². The van der Waals surface area contributed by atoms with Crippen molar-refractivity contribution in [1.82, 2.24) is 5.32 Å². The van der Waals surface area contributed by atoms with E-state index in [1.54, 1.807) is 43.3 Å². The van der Waals surface area contributed by atoms with Crippen LogP contribution in [0.3, 0.4) is 0 Å². The maximum atomic E-state index is 14.1. The molecule has 0 saturated carbocycles. The van der Waals surface area contributed by atoms with Crippen LogP contribution in [-0.2, 0) is 14.3 Å². The summed E-state index contributed by atoms with van der Waals surface area (Å²) in [7, 11) is 0. The summed E-state index contributed by atoms with van der Waals surface area (Å²) < 4.78 is 53.6. The molecule has 0 bridgehead atoms. The fraction of sp³-hybridized carbons (Fsp3) is 0.256. The van der Waals surface area contributed by atoms with E-state index >= 15 is 0 Å². The molecular weight excluding hydrogens is 649 g/mol. The molecule has 4 aromatic carbocycles. The quantitative estimate of drug-likeness (QED) is 0.113. The Balaban J connectivity index is 1.39. The van der Waals surface area contributed by atoms with E-state index in [0.717, 1.165) is 22.1 Å². The van der Waals surface area contributed by atoms with E-state index in [1.165, 1.54) is 24.3 Å². The Hall–Kier alpha value is -5.58. The largest absolute Gasteiger partial charge is 0.573 e. The van der Waals surface area contributed by atoms with Gasteiger partial charge in [-0.25, -0.2) is 0 Å². The van der Waals surface area contributed by atoms with Crippen LogP contribution < -0.4 is 15.4 Å². The number of ether oxygens (including phenoxy) is 2. The Bertz CT molecular complexity index is 1870. The van der Waals surface area contributed by atoms with Crippen molar-refractivity contribution in [3.8, 4) is 17.1 Å². The van der Waals surface area contributed by atoms with Crippen molar-refractivity contribution in [2.75, 3.05) is 18.5 Å². The maximum Gasteiger partial charge on any atom is 0.573 e. The standard InChI is InChI=1S/C39H37F3N2O6/c1-3-7-32(25-10-12-28(13-11-25)37(46)43-23-22-35(45)48-4-2)36(27-16-20-31(21-17-27)50-39(40,41)42)38(47)44-30-18-14-26(15-19-30)34-24-29-8-5-6-9-33(29)49-34/h5-6,8-21,24,32,36H,3-4,7,22-23H2,1-2H3,(H,43,46)(H,44,47)/t32-,36+/m1/s1. The number of furan rings is 1. The molecule has 0 fully saturated rings. The Labute approximate surface area is 287 Å². The van der Waals surface area contributed by atoms with Crippen LogP contribution in [-0.4, -0.2) is 37.3 Å². The number of hydrogen-bond acceptors (Lipinski definition) is 6. The lowest BCUT2D eigenvalue weighted by Gasteiger charge is -2.28. The first-order chi connectivity index (χ1) is 24.0. The van der Waals surface area contributed by atoms with Gasteiger partial charge in [-0.05, 0) is 91.1 Å². The fourth-order valence-electron chi connectivity index (χ4n) is 5.84. The van der Waals surface area contributed by atoms with Gasteiger partial charge >= 0.3 is 12.3 Å². The molecule has 0 aliphatic rings. The zero-order valence-corrected chi connectivity index (χ0v) is 27.6. The summed E-state index contributed by atoms with van der Waals surface area (Å²) in [6.07, 6.45) is -3.55. The molecule has 8 nitrogen and oxygen atoms in total. The highest BCUT2D eigenvalue weighted by atomic mass is 19.4. The zero-order valence-electron chi connectivity index (χ0n) is 27.6. The highest BCUT2D eigenvalue weighted by Crippen LogP contribution is 2.39. The number of anilines is 1. The van der Waals surface area contributed by atoms with Crippen LogP contribution in [0, 0.1) is 0 Å². The second-order valence-electron chi connectivity index (χ2n) is 11.6. The number of halogens is 3. The minimum absolute atomic E-state index is 0.0441. The molecule has 0 aliphatic carbocycles. The second-order valence-corrected chi connectivity index (χ2v) is 11.6. The molecular formula is C39H37F3N2O6. The average Bonchev–Trinajstić information content (AvgIpc) is 3.53. The predicted molar refractivity (Wildman–Crippen MR) is 184 cm³/mol. The van der Waals surface area contributed by atoms with Gasteiger partial charge in [-0.15, -0.1) is 13.2 Å². The maximum absolute atomic E-state index is 14.1. The molecule has 0 radical (unpaired) electrons. The summed E-state index contributed by atoms with van der Waals surface area (Å²) >= 11 is 0. The van der Waals surface area contributed by atoms with Crippen LogP contribution in [0.1, 0.15) is 66.4 Å². The smallest absolute Gasteiger partial charge is 0.466 e. The van der Waals surface area contributed by atoms with E-state index in [2.05, 4.69) is 15.4 Å². The number of fused-ring (bicyclic) bond motifs is 1. The Morgan fingerprint density at radius 1 is 0.840 bits per heavy atom. The number of nitrogens with one attached hydrogen (secondary N) is 2. The van der Waals surface area contributed by atoms with E-state index in [9.17, 15) is 27.6 Å². The number of benzene rings is 4. The van der Waals surface area contributed by atoms with Gasteiger partial charge in [0, 0.05) is 28.7 Å². The molecule has 260 valence electrons.